The number of carbonyl (C=O) groups is 4. The van der Waals surface area contributed by atoms with Crippen molar-refractivity contribution in [2.45, 2.75) is 407 Å². The summed E-state index contributed by atoms with van der Waals surface area (Å²) in [6, 6.07) is 0. The largest absolute Gasteiger partial charge is 0.472 e. The van der Waals surface area contributed by atoms with Gasteiger partial charge in [-0.1, -0.05) is 337 Å². The fourth-order valence-electron chi connectivity index (χ4n) is 11.5. The van der Waals surface area contributed by atoms with Gasteiger partial charge in [0.05, 0.1) is 26.4 Å². The third-order valence-corrected chi connectivity index (χ3v) is 19.4. The zero-order chi connectivity index (χ0) is 69.3. The van der Waals surface area contributed by atoms with Crippen LogP contribution in [-0.2, 0) is 65.4 Å². The van der Waals surface area contributed by atoms with Crippen LogP contribution >= 0.6 is 15.6 Å². The predicted octanol–water partition coefficient (Wildman–Crippen LogP) is 21.9. The fourth-order valence-corrected chi connectivity index (χ4v) is 13.1. The number of rotatable bonds is 74. The Hall–Kier alpha value is -1.94. The third kappa shape index (κ3) is 68.6. The van der Waals surface area contributed by atoms with Crippen molar-refractivity contribution in [1.82, 2.24) is 0 Å². The molecular formula is C75H146O17P2. The van der Waals surface area contributed by atoms with Crippen molar-refractivity contribution >= 4 is 39.5 Å². The van der Waals surface area contributed by atoms with Gasteiger partial charge >= 0.3 is 39.5 Å². The number of aliphatic hydroxyl groups is 1. The highest BCUT2D eigenvalue weighted by Crippen LogP contribution is 2.45. The van der Waals surface area contributed by atoms with E-state index in [4.69, 9.17) is 37.0 Å². The van der Waals surface area contributed by atoms with Gasteiger partial charge in [0.2, 0.25) is 0 Å². The number of aliphatic hydroxyl groups excluding tert-OH is 1. The Labute approximate surface area is 575 Å². The molecular weight excluding hydrogens is 1230 g/mol. The van der Waals surface area contributed by atoms with Crippen molar-refractivity contribution in [2.24, 2.45) is 11.8 Å². The fraction of sp³-hybridized carbons (Fsp3) is 0.947. The monoisotopic (exact) mass is 1380 g/mol. The maximum atomic E-state index is 13.1. The molecule has 0 saturated carbocycles. The number of ether oxygens (including phenoxy) is 4. The van der Waals surface area contributed by atoms with E-state index in [2.05, 4.69) is 41.5 Å². The minimum Gasteiger partial charge on any atom is -0.462 e. The van der Waals surface area contributed by atoms with Crippen LogP contribution in [0.5, 0.6) is 0 Å². The average molecular weight is 1380 g/mol. The number of phosphoric ester groups is 2. The van der Waals surface area contributed by atoms with Crippen LogP contribution < -0.4 is 0 Å². The van der Waals surface area contributed by atoms with E-state index in [1.54, 1.807) is 0 Å². The first kappa shape index (κ1) is 92.1. The van der Waals surface area contributed by atoms with Crippen LogP contribution in [0.1, 0.15) is 388 Å². The van der Waals surface area contributed by atoms with Gasteiger partial charge in [0.15, 0.2) is 12.2 Å². The molecule has 0 amide bonds. The van der Waals surface area contributed by atoms with Gasteiger partial charge in [0, 0.05) is 25.7 Å². The molecule has 19 heteroatoms. The Bertz CT molecular complexity index is 1820. The maximum absolute atomic E-state index is 13.1. The zero-order valence-electron chi connectivity index (χ0n) is 61.3. The Morgan fingerprint density at radius 1 is 0.287 bits per heavy atom. The van der Waals surface area contributed by atoms with E-state index < -0.39 is 97.5 Å². The second-order valence-electron chi connectivity index (χ2n) is 28.0. The molecule has 0 rings (SSSR count). The van der Waals surface area contributed by atoms with Gasteiger partial charge in [0.1, 0.15) is 19.3 Å². The molecule has 0 bridgehead atoms. The van der Waals surface area contributed by atoms with E-state index in [0.717, 1.165) is 102 Å². The van der Waals surface area contributed by atoms with Crippen molar-refractivity contribution in [3.8, 4) is 0 Å². The van der Waals surface area contributed by atoms with Gasteiger partial charge in [-0.15, -0.1) is 0 Å². The van der Waals surface area contributed by atoms with E-state index in [-0.39, 0.29) is 25.7 Å². The molecule has 2 unspecified atom stereocenters. The summed E-state index contributed by atoms with van der Waals surface area (Å²) in [5.41, 5.74) is 0. The topological polar surface area (TPSA) is 237 Å². The quantitative estimate of drug-likeness (QED) is 0.0222. The van der Waals surface area contributed by atoms with Crippen molar-refractivity contribution in [3.05, 3.63) is 0 Å². The summed E-state index contributed by atoms with van der Waals surface area (Å²) in [6.07, 6.45) is 54.1. The molecule has 0 fully saturated rings. The number of hydrogen-bond donors (Lipinski definition) is 3. The number of unbranched alkanes of at least 4 members (excludes halogenated alkanes) is 44. The molecule has 94 heavy (non-hydrogen) atoms. The molecule has 0 aliphatic rings. The van der Waals surface area contributed by atoms with Gasteiger partial charge in [0.25, 0.3) is 0 Å². The summed E-state index contributed by atoms with van der Waals surface area (Å²) in [5.74, 6) is -0.661. The molecule has 5 atom stereocenters. The Morgan fingerprint density at radius 2 is 0.489 bits per heavy atom. The van der Waals surface area contributed by atoms with Crippen LogP contribution in [0.25, 0.3) is 0 Å². The molecule has 0 spiro atoms. The second-order valence-corrected chi connectivity index (χ2v) is 30.9. The van der Waals surface area contributed by atoms with Crippen LogP contribution in [0.4, 0.5) is 0 Å². The Morgan fingerprint density at radius 3 is 0.723 bits per heavy atom. The standard InChI is InChI=1S/C75H146O17P2/c1-7-9-11-13-15-17-19-21-23-25-30-34-38-45-51-57-72(77)85-63-70(91-74(79)60-54-48-40-36-32-28-27-29-33-37-43-49-55-67(3)4)65-89-93(81,82)87-61-69(76)62-88-94(83,84)90-66-71(64-86-73(78)58-52-46-42-41-44-50-56-68(5)6)92-75(80)59-53-47-39-35-31-26-24-22-20-18-16-14-12-10-8-2/h67-71,76H,7-66H2,1-6H3,(H,81,82)(H,83,84)/t69-,70-,71-/m1/s1. The smallest absolute Gasteiger partial charge is 0.462 e. The SMILES string of the molecule is CCCCCCCCCCCCCCCCCC(=O)OC[C@H](COP(=O)(O)OC[C@@H](O)COP(=O)(O)OC[C@@H](COC(=O)CCCCCCCCC(C)C)OC(=O)CCCCCCCCCCCCCCCCC)OC(=O)CCCCCCCCCCCCCCC(C)C. The second kappa shape index (κ2) is 66.9. The van der Waals surface area contributed by atoms with Crippen LogP contribution in [0, 0.1) is 11.8 Å². The van der Waals surface area contributed by atoms with E-state index in [0.29, 0.717) is 31.6 Å². The number of carbonyl (C=O) groups excluding carboxylic acids is 4. The highest BCUT2D eigenvalue weighted by atomic mass is 31.2. The molecule has 558 valence electrons. The van der Waals surface area contributed by atoms with Crippen LogP contribution in [0.15, 0.2) is 0 Å². The molecule has 0 aromatic rings. The summed E-state index contributed by atoms with van der Waals surface area (Å²) < 4.78 is 68.5. The average Bonchev–Trinajstić information content (AvgIpc) is 1.63. The number of esters is 4. The van der Waals surface area contributed by atoms with E-state index >= 15 is 0 Å². The molecule has 0 aliphatic carbocycles. The summed E-state index contributed by atoms with van der Waals surface area (Å²) >= 11 is 0. The van der Waals surface area contributed by atoms with Crippen LogP contribution in [0.3, 0.4) is 0 Å². The minimum atomic E-state index is -4.96. The molecule has 0 aromatic carbocycles. The predicted molar refractivity (Wildman–Crippen MR) is 381 cm³/mol. The lowest BCUT2D eigenvalue weighted by atomic mass is 10.0. The lowest BCUT2D eigenvalue weighted by Gasteiger charge is -2.21. The van der Waals surface area contributed by atoms with Crippen molar-refractivity contribution in [3.63, 3.8) is 0 Å². The van der Waals surface area contributed by atoms with Gasteiger partial charge < -0.3 is 33.8 Å². The molecule has 0 aliphatic heterocycles. The van der Waals surface area contributed by atoms with Crippen molar-refractivity contribution in [1.29, 1.82) is 0 Å². The first-order chi connectivity index (χ1) is 45.4. The molecule has 0 radical (unpaired) electrons. The highest BCUT2D eigenvalue weighted by Gasteiger charge is 2.30. The Kier molecular flexibility index (Phi) is 65.5. The normalized spacial score (nSPS) is 14.0. The first-order valence-corrected chi connectivity index (χ1v) is 42.0. The van der Waals surface area contributed by atoms with Crippen molar-refractivity contribution in [2.75, 3.05) is 39.6 Å². The Balaban J connectivity index is 5.24. The van der Waals surface area contributed by atoms with E-state index in [9.17, 15) is 43.2 Å². The zero-order valence-corrected chi connectivity index (χ0v) is 63.1. The molecule has 17 nitrogen and oxygen atoms in total. The summed E-state index contributed by atoms with van der Waals surface area (Å²) in [4.78, 5) is 72.8. The van der Waals surface area contributed by atoms with Gasteiger partial charge in [-0.3, -0.25) is 37.3 Å². The van der Waals surface area contributed by atoms with E-state index in [1.807, 2.05) is 0 Å². The first-order valence-electron chi connectivity index (χ1n) is 39.0. The number of phosphoric acid groups is 2. The molecule has 0 saturated heterocycles. The van der Waals surface area contributed by atoms with Gasteiger partial charge in [-0.2, -0.15) is 0 Å². The number of hydrogen-bond acceptors (Lipinski definition) is 15. The maximum Gasteiger partial charge on any atom is 0.472 e. The lowest BCUT2D eigenvalue weighted by molar-refractivity contribution is -0.161. The molecule has 0 aromatic heterocycles. The summed E-state index contributed by atoms with van der Waals surface area (Å²) in [7, 11) is -9.91. The van der Waals surface area contributed by atoms with Crippen LogP contribution in [0.2, 0.25) is 0 Å². The summed E-state index contributed by atoms with van der Waals surface area (Å²) in [5, 5.41) is 10.6. The molecule has 3 N–H and O–H groups in total. The van der Waals surface area contributed by atoms with Crippen molar-refractivity contribution < 1.29 is 80.2 Å². The van der Waals surface area contributed by atoms with Gasteiger partial charge in [-0.05, 0) is 37.5 Å². The van der Waals surface area contributed by atoms with Crippen LogP contribution in [-0.4, -0.2) is 96.7 Å². The molecule has 0 heterocycles. The highest BCUT2D eigenvalue weighted by molar-refractivity contribution is 7.47. The lowest BCUT2D eigenvalue weighted by Crippen LogP contribution is -2.30. The van der Waals surface area contributed by atoms with E-state index in [1.165, 1.54) is 199 Å². The minimum absolute atomic E-state index is 0.107. The summed E-state index contributed by atoms with van der Waals surface area (Å²) in [6.45, 7) is 9.53. The van der Waals surface area contributed by atoms with Gasteiger partial charge in [-0.25, -0.2) is 9.13 Å². The third-order valence-electron chi connectivity index (χ3n) is 17.5.